The van der Waals surface area contributed by atoms with Gasteiger partial charge in [-0.1, -0.05) is 13.8 Å². The molecule has 0 spiro atoms. The maximum absolute atomic E-state index is 5.22. The molecule has 1 nitrogen and oxygen atoms in total. The molecule has 0 aromatic heterocycles. The molecule has 0 atom stereocenters. The van der Waals surface area contributed by atoms with Crippen LogP contribution in [0, 0.1) is 0 Å². The first kappa shape index (κ1) is 14.5. The summed E-state index contributed by atoms with van der Waals surface area (Å²) in [7, 11) is -0.160. The highest BCUT2D eigenvalue weighted by molar-refractivity contribution is 6.72. The van der Waals surface area contributed by atoms with E-state index in [2.05, 4.69) is 33.5 Å². The van der Waals surface area contributed by atoms with Gasteiger partial charge in [0.25, 0.3) is 0 Å². The van der Waals surface area contributed by atoms with Crippen molar-refractivity contribution in [2.45, 2.75) is 44.1 Å². The highest BCUT2D eigenvalue weighted by atomic mass is 28.4. The van der Waals surface area contributed by atoms with E-state index < -0.39 is 8.32 Å². The van der Waals surface area contributed by atoms with Crippen LogP contribution in [0.1, 0.15) is 13.8 Å². The summed E-state index contributed by atoms with van der Waals surface area (Å²) in [5.74, 6) is 0. The highest BCUT2D eigenvalue weighted by Gasteiger charge is 2.08. The average molecular weight is 205 g/mol. The van der Waals surface area contributed by atoms with Gasteiger partial charge in [0, 0.05) is 0 Å². The summed E-state index contributed by atoms with van der Waals surface area (Å²) in [6.07, 6.45) is 0. The quantitative estimate of drug-likeness (QED) is 0.637. The summed E-state index contributed by atoms with van der Waals surface area (Å²) in [4.78, 5) is 0. The Bertz CT molecular complexity index is 71.3. The lowest BCUT2D eigenvalue weighted by Gasteiger charge is -2.11. The predicted octanol–water partition coefficient (Wildman–Crippen LogP) is 1.69. The molecule has 67 valence electrons. The van der Waals surface area contributed by atoms with Gasteiger partial charge in [-0.15, -0.1) is 10.6 Å². The van der Waals surface area contributed by atoms with E-state index >= 15 is 0 Å². The molecular weight excluding hydrogens is 183 g/mol. The van der Waals surface area contributed by atoms with Gasteiger partial charge in [0.1, 0.15) is 10.5 Å². The first-order valence-corrected chi connectivity index (χ1v) is 10.2. The van der Waals surface area contributed by atoms with Gasteiger partial charge in [0.05, 0.1) is 0 Å². The molecule has 0 aliphatic heterocycles. The molecule has 0 unspecified atom stereocenters. The minimum Gasteiger partial charge on any atom is -0.464 e. The smallest absolute Gasteiger partial charge is 0.198 e. The lowest BCUT2D eigenvalue weighted by molar-refractivity contribution is 0.620. The monoisotopic (exact) mass is 205 g/mol. The van der Waals surface area contributed by atoms with E-state index in [-0.39, 0.29) is 0 Å². The van der Waals surface area contributed by atoms with Crippen molar-refractivity contribution in [3.05, 3.63) is 0 Å². The summed E-state index contributed by atoms with van der Waals surface area (Å²) in [5.41, 5.74) is 0. The first-order valence-electron chi connectivity index (χ1n) is 4.34. The molecule has 0 N–H and O–H groups in total. The Morgan fingerprint density at radius 1 is 1.18 bits per heavy atom. The van der Waals surface area contributed by atoms with Crippen LogP contribution in [-0.2, 0) is 4.12 Å². The Labute approximate surface area is 82.3 Å². The van der Waals surface area contributed by atoms with Crippen LogP contribution < -0.4 is 0 Å². The lowest BCUT2D eigenvalue weighted by atomic mass is 10.9. The molecule has 1 radical (unpaired) electrons. The molecule has 0 saturated carbocycles. The molecular formula is C7H22AlOSi2. The lowest BCUT2D eigenvalue weighted by Crippen LogP contribution is -2.23. The van der Waals surface area contributed by atoms with E-state index in [0.29, 0.717) is 0 Å². The summed E-state index contributed by atoms with van der Waals surface area (Å²) < 4.78 is 5.22. The third-order valence-electron chi connectivity index (χ3n) is 1.19. The van der Waals surface area contributed by atoms with E-state index in [1.807, 2.05) is 0 Å². The molecule has 0 saturated heterocycles. The molecule has 0 aromatic rings. The van der Waals surface area contributed by atoms with Crippen molar-refractivity contribution >= 4 is 34.0 Å². The van der Waals surface area contributed by atoms with Gasteiger partial charge in [-0.25, -0.2) is 0 Å². The molecule has 0 rings (SSSR count). The molecule has 0 fully saturated rings. The molecule has 0 aliphatic carbocycles. The highest BCUT2D eigenvalue weighted by Crippen LogP contribution is 1.96. The molecule has 11 heavy (non-hydrogen) atoms. The van der Waals surface area contributed by atoms with Crippen LogP contribution in [-0.4, -0.2) is 34.0 Å². The van der Waals surface area contributed by atoms with Crippen LogP contribution in [0.2, 0.25) is 30.2 Å². The number of rotatable bonds is 3. The van der Waals surface area contributed by atoms with Crippen LogP contribution in [0.5, 0.6) is 0 Å². The van der Waals surface area contributed by atoms with Gasteiger partial charge in [-0.05, 0) is 19.6 Å². The van der Waals surface area contributed by atoms with Crippen molar-refractivity contribution in [2.24, 2.45) is 0 Å². The minimum atomic E-state index is -1.07. The molecule has 0 heterocycles. The molecule has 0 amide bonds. The zero-order valence-electron chi connectivity index (χ0n) is 8.90. The standard InChI is InChI=1S/C3H12OSi2.2C2H5.Al/c1-6(2,3)4-5;2*1-2;/h1-3,5H3;2*1H2,2H3;. The summed E-state index contributed by atoms with van der Waals surface area (Å²) in [5, 5.41) is 2.85. The largest absolute Gasteiger partial charge is 0.464 e. The van der Waals surface area contributed by atoms with Crippen molar-refractivity contribution in [3.63, 3.8) is 0 Å². The second kappa shape index (κ2) is 9.02. The molecule has 0 aromatic carbocycles. The minimum absolute atomic E-state index is 0.815. The summed E-state index contributed by atoms with van der Waals surface area (Å²) in [6.45, 7) is 11.1. The zero-order valence-corrected chi connectivity index (χ0v) is 13.1. The van der Waals surface area contributed by atoms with Gasteiger partial charge >= 0.3 is 0 Å². The third kappa shape index (κ3) is 24.8. The Morgan fingerprint density at radius 3 is 1.45 bits per heavy atom. The van der Waals surface area contributed by atoms with Crippen molar-refractivity contribution in [1.82, 2.24) is 0 Å². The van der Waals surface area contributed by atoms with E-state index in [0.717, 1.165) is 25.7 Å². The fourth-order valence-electron chi connectivity index (χ4n) is 0.289. The maximum atomic E-state index is 5.22. The van der Waals surface area contributed by atoms with Gasteiger partial charge in [-0.3, -0.25) is 0 Å². The zero-order chi connectivity index (χ0) is 9.33. The van der Waals surface area contributed by atoms with Crippen molar-refractivity contribution in [2.75, 3.05) is 0 Å². The van der Waals surface area contributed by atoms with Gasteiger partial charge in [-0.2, -0.15) is 0 Å². The van der Waals surface area contributed by atoms with E-state index in [1.54, 1.807) is 0 Å². The Balaban J connectivity index is 0. The summed E-state index contributed by atoms with van der Waals surface area (Å²) in [6, 6.07) is 0. The van der Waals surface area contributed by atoms with Gasteiger partial charge in [0.15, 0.2) is 23.5 Å². The fraction of sp³-hybridized carbons (Fsp3) is 1.00. The Kier molecular flexibility index (Phi) is 11.8. The predicted molar refractivity (Wildman–Crippen MR) is 61.1 cm³/mol. The van der Waals surface area contributed by atoms with Crippen molar-refractivity contribution in [3.8, 4) is 0 Å². The molecule has 0 aliphatic rings. The van der Waals surface area contributed by atoms with Crippen LogP contribution in [0.3, 0.4) is 0 Å². The number of hydrogen-bond acceptors (Lipinski definition) is 1. The van der Waals surface area contributed by atoms with E-state index in [4.69, 9.17) is 4.12 Å². The Morgan fingerprint density at radius 2 is 1.45 bits per heavy atom. The van der Waals surface area contributed by atoms with E-state index in [1.165, 1.54) is 10.6 Å². The van der Waals surface area contributed by atoms with Crippen LogP contribution in [0.15, 0.2) is 0 Å². The van der Waals surface area contributed by atoms with Crippen LogP contribution in [0.25, 0.3) is 0 Å². The fourth-order valence-corrected chi connectivity index (χ4v) is 0.866. The van der Waals surface area contributed by atoms with E-state index in [9.17, 15) is 0 Å². The van der Waals surface area contributed by atoms with Gasteiger partial charge in [0.2, 0.25) is 0 Å². The van der Waals surface area contributed by atoms with Gasteiger partial charge < -0.3 is 4.12 Å². The second-order valence-electron chi connectivity index (χ2n) is 3.42. The second-order valence-corrected chi connectivity index (χ2v) is 11.5. The van der Waals surface area contributed by atoms with Crippen molar-refractivity contribution < 1.29 is 4.12 Å². The summed E-state index contributed by atoms with van der Waals surface area (Å²) >= 11 is 0.815. The average Bonchev–Trinajstić information content (AvgIpc) is 1.90. The molecule has 4 heteroatoms. The normalized spacial score (nSPS) is 10.3. The van der Waals surface area contributed by atoms with Crippen LogP contribution >= 0.6 is 0 Å². The number of hydrogen-bond donors (Lipinski definition) is 0. The molecule has 0 bridgehead atoms. The SMILES string of the molecule is C[CH2][Al][CH2]C.C[Si](C)(C)O[SiH3]. The maximum Gasteiger partial charge on any atom is 0.198 e. The Hall–Kier alpha value is 0.926. The topological polar surface area (TPSA) is 9.23 Å². The van der Waals surface area contributed by atoms with Crippen molar-refractivity contribution in [1.29, 1.82) is 0 Å². The van der Waals surface area contributed by atoms with Crippen LogP contribution in [0.4, 0.5) is 0 Å². The first-order chi connectivity index (χ1) is 4.97. The third-order valence-corrected chi connectivity index (χ3v) is 7.24.